The van der Waals surface area contributed by atoms with Crippen molar-refractivity contribution in [2.75, 3.05) is 6.26 Å². The summed E-state index contributed by atoms with van der Waals surface area (Å²) in [7, 11) is -1.29. The zero-order valence-electron chi connectivity index (χ0n) is 13.3. The molecule has 0 saturated carbocycles. The van der Waals surface area contributed by atoms with E-state index in [0.717, 1.165) is 16.6 Å². The Labute approximate surface area is 145 Å². The van der Waals surface area contributed by atoms with Crippen molar-refractivity contribution in [3.8, 4) is 22.5 Å². The van der Waals surface area contributed by atoms with Crippen LogP contribution in [0.5, 0.6) is 0 Å². The Balaban J connectivity index is 2.01. The number of halogens is 1. The highest BCUT2D eigenvalue weighted by Gasteiger charge is 2.18. The third-order valence-electron chi connectivity index (χ3n) is 3.80. The van der Waals surface area contributed by atoms with Gasteiger partial charge in [-0.3, -0.25) is 4.21 Å². The highest BCUT2D eigenvalue weighted by Crippen LogP contribution is 2.34. The normalized spacial score (nSPS) is 12.4. The van der Waals surface area contributed by atoms with Crippen LogP contribution in [0.25, 0.3) is 28.0 Å². The molecule has 3 heterocycles. The molecule has 0 radical (unpaired) electrons. The lowest BCUT2D eigenvalue weighted by molar-refractivity contribution is 0.628. The van der Waals surface area contributed by atoms with Gasteiger partial charge < -0.3 is 0 Å². The fourth-order valence-electron chi connectivity index (χ4n) is 2.68. The van der Waals surface area contributed by atoms with Crippen molar-refractivity contribution in [2.24, 2.45) is 0 Å². The molecule has 0 spiro atoms. The standard InChI is InChI=1S/C18H13FN4OS/c1-25(24)18-20-10-9-14(21-18)16-15-4-2-3-11-23(15)22-17(16)12-5-7-13(19)8-6-12/h2-11H,1H3. The van der Waals surface area contributed by atoms with Crippen molar-refractivity contribution in [1.82, 2.24) is 19.6 Å². The molecule has 4 rings (SSSR count). The molecule has 0 bridgehead atoms. The van der Waals surface area contributed by atoms with E-state index in [-0.39, 0.29) is 11.0 Å². The largest absolute Gasteiger partial charge is 0.251 e. The average molecular weight is 352 g/mol. The van der Waals surface area contributed by atoms with Gasteiger partial charge in [-0.15, -0.1) is 0 Å². The number of benzene rings is 1. The van der Waals surface area contributed by atoms with Crippen LogP contribution < -0.4 is 0 Å². The van der Waals surface area contributed by atoms with Crippen molar-refractivity contribution in [1.29, 1.82) is 0 Å². The third kappa shape index (κ3) is 2.83. The van der Waals surface area contributed by atoms with Crippen molar-refractivity contribution in [3.05, 3.63) is 66.7 Å². The fourth-order valence-corrected chi connectivity index (χ4v) is 3.12. The van der Waals surface area contributed by atoms with Crippen LogP contribution in [0.3, 0.4) is 0 Å². The lowest BCUT2D eigenvalue weighted by Gasteiger charge is -2.04. The van der Waals surface area contributed by atoms with E-state index in [1.165, 1.54) is 18.4 Å². The van der Waals surface area contributed by atoms with Crippen LogP contribution in [0.2, 0.25) is 0 Å². The van der Waals surface area contributed by atoms with Gasteiger partial charge in [-0.05, 0) is 42.5 Å². The maximum Gasteiger partial charge on any atom is 0.218 e. The fraction of sp³-hybridized carbons (Fsp3) is 0.0556. The minimum atomic E-state index is -1.29. The second-order valence-corrected chi connectivity index (χ2v) is 6.71. The van der Waals surface area contributed by atoms with Gasteiger partial charge in [-0.1, -0.05) is 6.07 Å². The molecule has 0 amide bonds. The molecule has 1 unspecified atom stereocenters. The smallest absolute Gasteiger partial charge is 0.218 e. The SMILES string of the molecule is CS(=O)c1nccc(-c2c(-c3ccc(F)cc3)nn3ccccc23)n1. The highest BCUT2D eigenvalue weighted by molar-refractivity contribution is 7.84. The Morgan fingerprint density at radius 2 is 1.88 bits per heavy atom. The van der Waals surface area contributed by atoms with Crippen LogP contribution in [0.15, 0.2) is 66.1 Å². The molecule has 0 aliphatic carbocycles. The lowest BCUT2D eigenvalue weighted by atomic mass is 10.0. The predicted molar refractivity (Wildman–Crippen MR) is 93.9 cm³/mol. The Kier molecular flexibility index (Phi) is 3.85. The molecule has 3 aromatic heterocycles. The van der Waals surface area contributed by atoms with Gasteiger partial charge in [0.15, 0.2) is 0 Å². The van der Waals surface area contributed by atoms with Crippen LogP contribution >= 0.6 is 0 Å². The number of aromatic nitrogens is 4. The van der Waals surface area contributed by atoms with Gasteiger partial charge in [0.1, 0.15) is 11.5 Å². The van der Waals surface area contributed by atoms with Crippen molar-refractivity contribution < 1.29 is 8.60 Å². The number of fused-ring (bicyclic) bond motifs is 1. The quantitative estimate of drug-likeness (QED) is 0.531. The predicted octanol–water partition coefficient (Wildman–Crippen LogP) is 3.33. The third-order valence-corrected chi connectivity index (χ3v) is 4.52. The van der Waals surface area contributed by atoms with Crippen LogP contribution in [0, 0.1) is 5.82 Å². The Hall–Kier alpha value is -2.93. The van der Waals surface area contributed by atoms with E-state index in [1.807, 2.05) is 24.4 Å². The van der Waals surface area contributed by atoms with Gasteiger partial charge in [0.05, 0.1) is 27.6 Å². The van der Waals surface area contributed by atoms with E-state index in [4.69, 9.17) is 0 Å². The van der Waals surface area contributed by atoms with Gasteiger partial charge in [-0.25, -0.2) is 18.9 Å². The lowest BCUT2D eigenvalue weighted by Crippen LogP contribution is -1.98. The molecule has 124 valence electrons. The number of pyridine rings is 1. The van der Waals surface area contributed by atoms with Crippen LogP contribution in [0.1, 0.15) is 0 Å². The summed E-state index contributed by atoms with van der Waals surface area (Å²) in [6.45, 7) is 0. The summed E-state index contributed by atoms with van der Waals surface area (Å²) in [6.07, 6.45) is 4.96. The summed E-state index contributed by atoms with van der Waals surface area (Å²) < 4.78 is 26.8. The van der Waals surface area contributed by atoms with Crippen molar-refractivity contribution in [2.45, 2.75) is 5.16 Å². The Morgan fingerprint density at radius 3 is 2.64 bits per heavy atom. The molecule has 0 fully saturated rings. The highest BCUT2D eigenvalue weighted by atomic mass is 32.2. The first kappa shape index (κ1) is 15.6. The molecule has 1 atom stereocenters. The second-order valence-electron chi connectivity index (χ2n) is 5.44. The number of hydrogen-bond acceptors (Lipinski definition) is 4. The topological polar surface area (TPSA) is 60.2 Å². The maximum atomic E-state index is 13.3. The van der Waals surface area contributed by atoms with E-state index in [9.17, 15) is 8.60 Å². The van der Waals surface area contributed by atoms with E-state index >= 15 is 0 Å². The summed E-state index contributed by atoms with van der Waals surface area (Å²) in [5, 5.41) is 4.88. The summed E-state index contributed by atoms with van der Waals surface area (Å²) in [5.74, 6) is -0.306. The summed E-state index contributed by atoms with van der Waals surface area (Å²) in [5.41, 5.74) is 3.73. The van der Waals surface area contributed by atoms with E-state index in [1.54, 1.807) is 28.9 Å². The first-order chi connectivity index (χ1) is 12.1. The summed E-state index contributed by atoms with van der Waals surface area (Å²) >= 11 is 0. The van der Waals surface area contributed by atoms with Gasteiger partial charge in [0.25, 0.3) is 0 Å². The van der Waals surface area contributed by atoms with Crippen LogP contribution in [-0.2, 0) is 10.8 Å². The van der Waals surface area contributed by atoms with E-state index in [2.05, 4.69) is 15.1 Å². The van der Waals surface area contributed by atoms with E-state index < -0.39 is 10.8 Å². The average Bonchev–Trinajstić information content (AvgIpc) is 3.02. The minimum Gasteiger partial charge on any atom is -0.251 e. The molecule has 1 aromatic carbocycles. The maximum absolute atomic E-state index is 13.3. The second kappa shape index (κ2) is 6.18. The number of hydrogen-bond donors (Lipinski definition) is 0. The van der Waals surface area contributed by atoms with Crippen molar-refractivity contribution >= 4 is 16.3 Å². The minimum absolute atomic E-state index is 0.262. The van der Waals surface area contributed by atoms with Crippen molar-refractivity contribution in [3.63, 3.8) is 0 Å². The Bertz CT molecular complexity index is 1090. The number of rotatable bonds is 3. The molecule has 0 N–H and O–H groups in total. The van der Waals surface area contributed by atoms with Gasteiger partial charge in [0.2, 0.25) is 5.16 Å². The molecule has 5 nitrogen and oxygen atoms in total. The van der Waals surface area contributed by atoms with E-state index in [0.29, 0.717) is 11.4 Å². The molecule has 25 heavy (non-hydrogen) atoms. The molecule has 4 aromatic rings. The molecule has 0 aliphatic rings. The molecule has 0 saturated heterocycles. The summed E-state index contributed by atoms with van der Waals surface area (Å²) in [6, 6.07) is 13.6. The first-order valence-corrected chi connectivity index (χ1v) is 9.09. The molecule has 0 aliphatic heterocycles. The molecular formula is C18H13FN4OS. The number of nitrogens with zero attached hydrogens (tertiary/aromatic N) is 4. The van der Waals surface area contributed by atoms with Crippen LogP contribution in [0.4, 0.5) is 4.39 Å². The summed E-state index contributed by atoms with van der Waals surface area (Å²) in [4.78, 5) is 8.48. The monoisotopic (exact) mass is 352 g/mol. The zero-order valence-corrected chi connectivity index (χ0v) is 14.1. The van der Waals surface area contributed by atoms with Gasteiger partial charge in [-0.2, -0.15) is 5.10 Å². The molecule has 7 heteroatoms. The Morgan fingerprint density at radius 1 is 1.08 bits per heavy atom. The van der Waals surface area contributed by atoms with Gasteiger partial charge in [0, 0.05) is 24.2 Å². The molecular weight excluding hydrogens is 339 g/mol. The zero-order chi connectivity index (χ0) is 17.4. The van der Waals surface area contributed by atoms with Crippen LogP contribution in [-0.4, -0.2) is 30.0 Å². The first-order valence-electron chi connectivity index (χ1n) is 7.53. The van der Waals surface area contributed by atoms with Gasteiger partial charge >= 0.3 is 0 Å².